The second kappa shape index (κ2) is 8.31. The average molecular weight is 340 g/mol. The van der Waals surface area contributed by atoms with E-state index in [4.69, 9.17) is 10.00 Å². The fourth-order valence-electron chi connectivity index (χ4n) is 2.12. The lowest BCUT2D eigenvalue weighted by molar-refractivity contribution is -0.384. The van der Waals surface area contributed by atoms with Crippen molar-refractivity contribution in [1.29, 1.82) is 5.26 Å². The summed E-state index contributed by atoms with van der Waals surface area (Å²) < 4.78 is 5.56. The molecule has 0 aliphatic carbocycles. The number of rotatable bonds is 7. The van der Waals surface area contributed by atoms with Gasteiger partial charge in [-0.25, -0.2) is 0 Å². The van der Waals surface area contributed by atoms with Crippen LogP contribution in [0.15, 0.2) is 42.5 Å². The number of hydrogen-bond donors (Lipinski definition) is 2. The first-order valence-corrected chi connectivity index (χ1v) is 7.42. The molecule has 8 nitrogen and oxygen atoms in total. The third-order valence-electron chi connectivity index (χ3n) is 3.16. The molecule has 8 heteroatoms. The van der Waals surface area contributed by atoms with Gasteiger partial charge in [0.15, 0.2) is 0 Å². The van der Waals surface area contributed by atoms with Gasteiger partial charge in [-0.3, -0.25) is 14.9 Å². The number of benzene rings is 2. The Bertz CT molecular complexity index is 830. The number of carbonyl (C=O) groups is 1. The highest BCUT2D eigenvalue weighted by molar-refractivity contribution is 5.88. The largest absolute Gasteiger partial charge is 0.492 e. The number of carbonyl (C=O) groups excluding carboxylic acids is 1. The molecule has 0 atom stereocenters. The Hall–Kier alpha value is -3.60. The van der Waals surface area contributed by atoms with Gasteiger partial charge in [-0.15, -0.1) is 0 Å². The number of anilines is 2. The van der Waals surface area contributed by atoms with Crippen molar-refractivity contribution in [3.63, 3.8) is 0 Å². The lowest BCUT2D eigenvalue weighted by Gasteiger charge is -2.10. The van der Waals surface area contributed by atoms with Crippen molar-refractivity contribution in [2.24, 2.45) is 0 Å². The van der Waals surface area contributed by atoms with Gasteiger partial charge in [-0.05, 0) is 24.3 Å². The van der Waals surface area contributed by atoms with E-state index in [0.29, 0.717) is 23.7 Å². The maximum Gasteiger partial charge on any atom is 0.293 e. The Morgan fingerprint density at radius 2 is 2.12 bits per heavy atom. The van der Waals surface area contributed by atoms with Crippen LogP contribution in [0.25, 0.3) is 0 Å². The summed E-state index contributed by atoms with van der Waals surface area (Å²) in [5, 5.41) is 25.4. The van der Waals surface area contributed by atoms with Gasteiger partial charge in [0.2, 0.25) is 5.91 Å². The van der Waals surface area contributed by atoms with Crippen molar-refractivity contribution >= 4 is 23.0 Å². The quantitative estimate of drug-likeness (QED) is 0.454. The topological polar surface area (TPSA) is 117 Å². The second-order valence-corrected chi connectivity index (χ2v) is 5.09. The Kier molecular flexibility index (Phi) is 5.90. The summed E-state index contributed by atoms with van der Waals surface area (Å²) >= 11 is 0. The number of ether oxygens (including phenoxy) is 1. The third kappa shape index (κ3) is 5.21. The lowest BCUT2D eigenvalue weighted by atomic mass is 10.2. The SMILES string of the molecule is CC(=O)Nc1cccc(OCCNc2ccc(C#N)cc2[N+](=O)[O-])c1. The molecule has 0 heterocycles. The van der Waals surface area contributed by atoms with Crippen LogP contribution in [-0.2, 0) is 4.79 Å². The molecule has 1 amide bonds. The first-order valence-electron chi connectivity index (χ1n) is 7.42. The van der Waals surface area contributed by atoms with E-state index in [1.54, 1.807) is 24.3 Å². The summed E-state index contributed by atoms with van der Waals surface area (Å²) in [7, 11) is 0. The number of amides is 1. The van der Waals surface area contributed by atoms with Gasteiger partial charge in [-0.2, -0.15) is 5.26 Å². The minimum atomic E-state index is -0.541. The van der Waals surface area contributed by atoms with Crippen LogP contribution in [-0.4, -0.2) is 24.0 Å². The molecule has 0 aliphatic rings. The molecule has 2 aromatic rings. The van der Waals surface area contributed by atoms with E-state index >= 15 is 0 Å². The Morgan fingerprint density at radius 3 is 2.80 bits per heavy atom. The molecule has 2 N–H and O–H groups in total. The summed E-state index contributed by atoms with van der Waals surface area (Å²) in [5.74, 6) is 0.398. The molecule has 0 fully saturated rings. The zero-order valence-corrected chi connectivity index (χ0v) is 13.5. The van der Waals surface area contributed by atoms with Crippen LogP contribution >= 0.6 is 0 Å². The van der Waals surface area contributed by atoms with E-state index in [1.807, 2.05) is 6.07 Å². The average Bonchev–Trinajstić information content (AvgIpc) is 2.58. The molecule has 0 saturated heterocycles. The monoisotopic (exact) mass is 340 g/mol. The lowest BCUT2D eigenvalue weighted by Crippen LogP contribution is -2.13. The number of nitrogens with zero attached hydrogens (tertiary/aromatic N) is 2. The standard InChI is InChI=1S/C17H16N4O4/c1-12(22)20-14-3-2-4-15(10-14)25-8-7-19-16-6-5-13(11-18)9-17(16)21(23)24/h2-6,9-10,19H,7-8H2,1H3,(H,20,22). The number of hydrogen-bond acceptors (Lipinski definition) is 6. The summed E-state index contributed by atoms with van der Waals surface area (Å²) in [6.07, 6.45) is 0. The molecule has 0 spiro atoms. The van der Waals surface area contributed by atoms with Crippen molar-refractivity contribution in [1.82, 2.24) is 0 Å². The van der Waals surface area contributed by atoms with E-state index in [-0.39, 0.29) is 23.8 Å². The highest BCUT2D eigenvalue weighted by atomic mass is 16.6. The van der Waals surface area contributed by atoms with E-state index in [0.717, 1.165) is 0 Å². The Labute approximate surface area is 144 Å². The fourth-order valence-corrected chi connectivity index (χ4v) is 2.12. The predicted octanol–water partition coefficient (Wildman–Crippen LogP) is 2.92. The molecule has 25 heavy (non-hydrogen) atoms. The molecule has 2 aromatic carbocycles. The van der Waals surface area contributed by atoms with Crippen LogP contribution in [0.1, 0.15) is 12.5 Å². The van der Waals surface area contributed by atoms with E-state index in [2.05, 4.69) is 10.6 Å². The Balaban J connectivity index is 1.92. The highest BCUT2D eigenvalue weighted by Gasteiger charge is 2.14. The molecule has 2 rings (SSSR count). The number of nitriles is 1. The van der Waals surface area contributed by atoms with Crippen LogP contribution in [0, 0.1) is 21.4 Å². The van der Waals surface area contributed by atoms with Crippen molar-refractivity contribution in [3.05, 3.63) is 58.1 Å². The number of nitrogens with one attached hydrogen (secondary N) is 2. The molecule has 128 valence electrons. The van der Waals surface area contributed by atoms with Crippen molar-refractivity contribution in [2.45, 2.75) is 6.92 Å². The maximum atomic E-state index is 11.1. The Morgan fingerprint density at radius 1 is 1.32 bits per heavy atom. The number of nitro benzene ring substituents is 1. The minimum absolute atomic E-state index is 0.160. The molecule has 0 aromatic heterocycles. The first kappa shape index (κ1) is 17.7. The van der Waals surface area contributed by atoms with Crippen molar-refractivity contribution in [3.8, 4) is 11.8 Å². The molecular weight excluding hydrogens is 324 g/mol. The van der Waals surface area contributed by atoms with E-state index in [9.17, 15) is 14.9 Å². The van der Waals surface area contributed by atoms with E-state index < -0.39 is 4.92 Å². The molecule has 0 saturated carbocycles. The fraction of sp³-hybridized carbons (Fsp3) is 0.176. The van der Waals surface area contributed by atoms with E-state index in [1.165, 1.54) is 25.1 Å². The van der Waals surface area contributed by atoms with Crippen LogP contribution < -0.4 is 15.4 Å². The molecular formula is C17H16N4O4. The predicted molar refractivity (Wildman–Crippen MR) is 92.5 cm³/mol. The molecule has 0 unspecified atom stereocenters. The third-order valence-corrected chi connectivity index (χ3v) is 3.16. The second-order valence-electron chi connectivity index (χ2n) is 5.09. The summed E-state index contributed by atoms with van der Waals surface area (Å²) in [5.41, 5.74) is 1.01. The maximum absolute atomic E-state index is 11.1. The highest BCUT2D eigenvalue weighted by Crippen LogP contribution is 2.25. The van der Waals surface area contributed by atoms with Gasteiger partial charge in [0.25, 0.3) is 5.69 Å². The van der Waals surface area contributed by atoms with Crippen LogP contribution in [0.5, 0.6) is 5.75 Å². The summed E-state index contributed by atoms with van der Waals surface area (Å²) in [6.45, 7) is 2.01. The van der Waals surface area contributed by atoms with Gasteiger partial charge >= 0.3 is 0 Å². The van der Waals surface area contributed by atoms with Crippen LogP contribution in [0.2, 0.25) is 0 Å². The van der Waals surface area contributed by atoms with Gasteiger partial charge in [0.05, 0.1) is 16.6 Å². The van der Waals surface area contributed by atoms with Crippen molar-refractivity contribution < 1.29 is 14.5 Å². The van der Waals surface area contributed by atoms with Crippen LogP contribution in [0.4, 0.5) is 17.1 Å². The van der Waals surface area contributed by atoms with Crippen molar-refractivity contribution in [2.75, 3.05) is 23.8 Å². The molecule has 0 radical (unpaired) electrons. The summed E-state index contributed by atoms with van der Waals surface area (Å²) in [4.78, 5) is 21.6. The number of nitro groups is 1. The van der Waals surface area contributed by atoms with Gasteiger partial charge in [-0.1, -0.05) is 6.07 Å². The first-order chi connectivity index (χ1) is 12.0. The van der Waals surface area contributed by atoms with Crippen LogP contribution in [0.3, 0.4) is 0 Å². The zero-order valence-electron chi connectivity index (χ0n) is 13.5. The molecule has 0 bridgehead atoms. The van der Waals surface area contributed by atoms with Gasteiger partial charge in [0.1, 0.15) is 18.0 Å². The normalized spacial score (nSPS) is 9.76. The summed E-state index contributed by atoms with van der Waals surface area (Å²) in [6, 6.07) is 13.0. The smallest absolute Gasteiger partial charge is 0.293 e. The van der Waals surface area contributed by atoms with Gasteiger partial charge < -0.3 is 15.4 Å². The van der Waals surface area contributed by atoms with Gasteiger partial charge in [0, 0.05) is 31.3 Å². The zero-order chi connectivity index (χ0) is 18.2. The molecule has 0 aliphatic heterocycles. The minimum Gasteiger partial charge on any atom is -0.492 e.